The molecule has 0 bridgehead atoms. The van der Waals surface area contributed by atoms with Crippen molar-refractivity contribution in [2.45, 2.75) is 33.6 Å². The van der Waals surface area contributed by atoms with E-state index >= 15 is 0 Å². The molecule has 1 N–H and O–H groups in total. The van der Waals surface area contributed by atoms with E-state index in [1.807, 2.05) is 6.92 Å². The van der Waals surface area contributed by atoms with Crippen LogP contribution in [0.5, 0.6) is 0 Å². The van der Waals surface area contributed by atoms with Crippen LogP contribution < -0.4 is 4.72 Å². The molecular formula is C15H24N2O3S. The van der Waals surface area contributed by atoms with Crippen LogP contribution >= 0.6 is 0 Å². The molecule has 1 aromatic carbocycles. The predicted octanol–water partition coefficient (Wildman–Crippen LogP) is 2.63. The highest BCUT2D eigenvalue weighted by atomic mass is 32.2. The van der Waals surface area contributed by atoms with Crippen LogP contribution in [0.25, 0.3) is 0 Å². The average molecular weight is 312 g/mol. The molecule has 5 nitrogen and oxygen atoms in total. The van der Waals surface area contributed by atoms with Gasteiger partial charge < -0.3 is 4.90 Å². The Balaban J connectivity index is 3.02. The third-order valence-corrected chi connectivity index (χ3v) is 3.82. The number of anilines is 1. The maximum Gasteiger partial charge on any atom is 0.253 e. The van der Waals surface area contributed by atoms with Crippen LogP contribution in [0.1, 0.15) is 42.6 Å². The number of amides is 1. The van der Waals surface area contributed by atoms with Crippen LogP contribution in [0.15, 0.2) is 18.2 Å². The minimum absolute atomic E-state index is 0.0671. The summed E-state index contributed by atoms with van der Waals surface area (Å²) in [5.74, 6) is -0.0671. The minimum Gasteiger partial charge on any atom is -0.339 e. The predicted molar refractivity (Wildman–Crippen MR) is 86.1 cm³/mol. The topological polar surface area (TPSA) is 66.5 Å². The maximum atomic E-state index is 12.5. The number of carbonyl (C=O) groups excluding carboxylic acids is 1. The van der Waals surface area contributed by atoms with Gasteiger partial charge in [0.1, 0.15) is 0 Å². The standard InChI is InChI=1S/C15H24N2O3S/c1-5-7-10-17(6-2)15(18)13-9-8-12(3)14(11-13)16-21(4,19)20/h8-9,11,16H,5-7,10H2,1-4H3. The van der Waals surface area contributed by atoms with E-state index in [9.17, 15) is 13.2 Å². The van der Waals surface area contributed by atoms with E-state index < -0.39 is 10.0 Å². The third kappa shape index (κ3) is 5.38. The average Bonchev–Trinajstić information content (AvgIpc) is 2.40. The molecule has 0 aliphatic heterocycles. The van der Waals surface area contributed by atoms with Crippen molar-refractivity contribution < 1.29 is 13.2 Å². The first-order valence-corrected chi connectivity index (χ1v) is 9.05. The second kappa shape index (κ2) is 7.45. The van der Waals surface area contributed by atoms with Crippen molar-refractivity contribution >= 4 is 21.6 Å². The quantitative estimate of drug-likeness (QED) is 0.841. The van der Waals surface area contributed by atoms with Gasteiger partial charge in [0.25, 0.3) is 5.91 Å². The summed E-state index contributed by atoms with van der Waals surface area (Å²) in [6, 6.07) is 5.10. The Bertz CT molecular complexity index is 597. The van der Waals surface area contributed by atoms with Gasteiger partial charge in [0.2, 0.25) is 10.0 Å². The molecule has 0 radical (unpaired) electrons. The third-order valence-electron chi connectivity index (χ3n) is 3.23. The van der Waals surface area contributed by atoms with Crippen LogP contribution in [0.3, 0.4) is 0 Å². The van der Waals surface area contributed by atoms with Crippen molar-refractivity contribution in [1.82, 2.24) is 4.90 Å². The Labute approximate surface area is 127 Å². The van der Waals surface area contributed by atoms with Crippen molar-refractivity contribution in [3.63, 3.8) is 0 Å². The molecule has 0 saturated heterocycles. The number of nitrogens with one attached hydrogen (secondary N) is 1. The van der Waals surface area contributed by atoms with Gasteiger partial charge in [-0.1, -0.05) is 19.4 Å². The molecule has 0 aromatic heterocycles. The second-order valence-corrected chi connectivity index (χ2v) is 6.89. The summed E-state index contributed by atoms with van der Waals surface area (Å²) in [5.41, 5.74) is 1.74. The lowest BCUT2D eigenvalue weighted by atomic mass is 10.1. The fraction of sp³-hybridized carbons (Fsp3) is 0.533. The Hall–Kier alpha value is -1.56. The monoisotopic (exact) mass is 312 g/mol. The van der Waals surface area contributed by atoms with Crippen molar-refractivity contribution in [3.8, 4) is 0 Å². The first kappa shape index (κ1) is 17.5. The molecule has 0 unspecified atom stereocenters. The molecular weight excluding hydrogens is 288 g/mol. The summed E-state index contributed by atoms with van der Waals surface area (Å²) in [7, 11) is -3.36. The number of benzene rings is 1. The molecule has 1 amide bonds. The molecule has 0 saturated carbocycles. The zero-order valence-electron chi connectivity index (χ0n) is 13.1. The van der Waals surface area contributed by atoms with E-state index in [1.54, 1.807) is 30.0 Å². The molecule has 6 heteroatoms. The second-order valence-electron chi connectivity index (χ2n) is 5.14. The lowest BCUT2D eigenvalue weighted by Gasteiger charge is -2.21. The summed E-state index contributed by atoms with van der Waals surface area (Å²) in [6.07, 6.45) is 3.08. The SMILES string of the molecule is CCCCN(CC)C(=O)c1ccc(C)c(NS(C)(=O)=O)c1. The zero-order chi connectivity index (χ0) is 16.0. The van der Waals surface area contributed by atoms with Gasteiger partial charge in [-0.25, -0.2) is 8.42 Å². The first-order chi connectivity index (χ1) is 9.78. The van der Waals surface area contributed by atoms with Crippen molar-refractivity contribution in [2.75, 3.05) is 24.1 Å². The molecule has 118 valence electrons. The number of unbranched alkanes of at least 4 members (excludes halogenated alkanes) is 1. The molecule has 0 aliphatic carbocycles. The summed E-state index contributed by atoms with van der Waals surface area (Å²) in [6.45, 7) is 7.18. The smallest absolute Gasteiger partial charge is 0.253 e. The summed E-state index contributed by atoms with van der Waals surface area (Å²) < 4.78 is 25.2. The van der Waals surface area contributed by atoms with E-state index in [-0.39, 0.29) is 5.91 Å². The van der Waals surface area contributed by atoms with Gasteiger partial charge >= 0.3 is 0 Å². The number of sulfonamides is 1. The molecule has 0 atom stereocenters. The van der Waals surface area contributed by atoms with Gasteiger partial charge in [0, 0.05) is 18.7 Å². The summed E-state index contributed by atoms with van der Waals surface area (Å²) >= 11 is 0. The largest absolute Gasteiger partial charge is 0.339 e. The normalized spacial score (nSPS) is 11.2. The fourth-order valence-corrected chi connectivity index (χ4v) is 2.62. The molecule has 0 aliphatic rings. The van der Waals surface area contributed by atoms with E-state index in [0.29, 0.717) is 24.3 Å². The molecule has 0 heterocycles. The highest BCUT2D eigenvalue weighted by Crippen LogP contribution is 2.19. The van der Waals surface area contributed by atoms with Crippen LogP contribution in [0, 0.1) is 6.92 Å². The van der Waals surface area contributed by atoms with Gasteiger partial charge in [-0.2, -0.15) is 0 Å². The molecule has 0 spiro atoms. The van der Waals surface area contributed by atoms with Crippen LogP contribution in [0.2, 0.25) is 0 Å². The van der Waals surface area contributed by atoms with E-state index in [2.05, 4.69) is 11.6 Å². The van der Waals surface area contributed by atoms with E-state index in [0.717, 1.165) is 24.7 Å². The highest BCUT2D eigenvalue weighted by molar-refractivity contribution is 7.92. The lowest BCUT2D eigenvalue weighted by molar-refractivity contribution is 0.0762. The molecule has 0 fully saturated rings. The Morgan fingerprint density at radius 2 is 1.95 bits per heavy atom. The number of hydrogen-bond donors (Lipinski definition) is 1. The van der Waals surface area contributed by atoms with Gasteiger partial charge in [0.15, 0.2) is 0 Å². The van der Waals surface area contributed by atoms with Gasteiger partial charge in [-0.3, -0.25) is 9.52 Å². The first-order valence-electron chi connectivity index (χ1n) is 7.16. The number of aryl methyl sites for hydroxylation is 1. The number of nitrogens with zero attached hydrogens (tertiary/aromatic N) is 1. The van der Waals surface area contributed by atoms with Crippen molar-refractivity contribution in [2.24, 2.45) is 0 Å². The Kier molecular flexibility index (Phi) is 6.20. The van der Waals surface area contributed by atoms with E-state index in [1.165, 1.54) is 0 Å². The van der Waals surface area contributed by atoms with Crippen molar-refractivity contribution in [3.05, 3.63) is 29.3 Å². The zero-order valence-corrected chi connectivity index (χ0v) is 14.0. The molecule has 21 heavy (non-hydrogen) atoms. The highest BCUT2D eigenvalue weighted by Gasteiger charge is 2.15. The number of rotatable bonds is 7. The molecule has 1 rings (SSSR count). The summed E-state index contributed by atoms with van der Waals surface area (Å²) in [5, 5.41) is 0. The van der Waals surface area contributed by atoms with Crippen molar-refractivity contribution in [1.29, 1.82) is 0 Å². The summed E-state index contributed by atoms with van der Waals surface area (Å²) in [4.78, 5) is 14.2. The van der Waals surface area contributed by atoms with E-state index in [4.69, 9.17) is 0 Å². The van der Waals surface area contributed by atoms with Crippen LogP contribution in [-0.2, 0) is 10.0 Å². The van der Waals surface area contributed by atoms with Gasteiger partial charge in [-0.15, -0.1) is 0 Å². The van der Waals surface area contributed by atoms with Crippen LogP contribution in [0.4, 0.5) is 5.69 Å². The fourth-order valence-electron chi connectivity index (χ4n) is 2.00. The number of hydrogen-bond acceptors (Lipinski definition) is 3. The molecule has 1 aromatic rings. The van der Waals surface area contributed by atoms with Gasteiger partial charge in [-0.05, 0) is 38.0 Å². The number of carbonyl (C=O) groups is 1. The van der Waals surface area contributed by atoms with Crippen LogP contribution in [-0.4, -0.2) is 38.6 Å². The minimum atomic E-state index is -3.36. The Morgan fingerprint density at radius 1 is 1.29 bits per heavy atom. The Morgan fingerprint density at radius 3 is 2.48 bits per heavy atom. The van der Waals surface area contributed by atoms with Gasteiger partial charge in [0.05, 0.1) is 11.9 Å². The lowest BCUT2D eigenvalue weighted by Crippen LogP contribution is -2.31. The maximum absolute atomic E-state index is 12.5.